The molecule has 1 amide bonds. The van der Waals surface area contributed by atoms with Gasteiger partial charge in [-0.15, -0.1) is 0 Å². The number of hydrogen-bond acceptors (Lipinski definition) is 4. The fourth-order valence-electron chi connectivity index (χ4n) is 2.26. The van der Waals surface area contributed by atoms with E-state index in [2.05, 4.69) is 24.3 Å². The third kappa shape index (κ3) is 3.37. The number of amidine groups is 1. The highest BCUT2D eigenvalue weighted by molar-refractivity contribution is 6.06. The summed E-state index contributed by atoms with van der Waals surface area (Å²) in [6.07, 6.45) is 1.88. The third-order valence-corrected chi connectivity index (χ3v) is 4.24. The summed E-state index contributed by atoms with van der Waals surface area (Å²) in [7, 11) is 0. The van der Waals surface area contributed by atoms with E-state index in [-0.39, 0.29) is 17.8 Å². The number of carbonyl (C=O) groups excluding carboxylic acids is 1. The smallest absolute Gasteiger partial charge is 0.234 e. The molecule has 0 aromatic rings. The highest BCUT2D eigenvalue weighted by atomic mass is 16.5. The Morgan fingerprint density at radius 3 is 2.53 bits per heavy atom. The van der Waals surface area contributed by atoms with Gasteiger partial charge in [-0.05, 0) is 25.7 Å². The van der Waals surface area contributed by atoms with E-state index >= 15 is 0 Å². The van der Waals surface area contributed by atoms with Gasteiger partial charge >= 0.3 is 0 Å². The molecule has 0 radical (unpaired) electrons. The van der Waals surface area contributed by atoms with E-state index in [1.807, 2.05) is 6.92 Å². The summed E-state index contributed by atoms with van der Waals surface area (Å²) < 4.78 is 5.27. The summed E-state index contributed by atoms with van der Waals surface area (Å²) in [6.45, 7) is 7.04. The molecule has 4 N–H and O–H groups in total. The highest BCUT2D eigenvalue weighted by Gasteiger charge is 2.45. The minimum Gasteiger partial charge on any atom is -0.409 e. The van der Waals surface area contributed by atoms with Crippen molar-refractivity contribution in [2.24, 2.45) is 22.2 Å². The van der Waals surface area contributed by atoms with E-state index in [1.165, 1.54) is 0 Å². The molecule has 2 atom stereocenters. The van der Waals surface area contributed by atoms with Crippen LogP contribution < -0.4 is 11.1 Å². The molecule has 19 heavy (non-hydrogen) atoms. The minimum atomic E-state index is -0.936. The van der Waals surface area contributed by atoms with Gasteiger partial charge in [0.05, 0.1) is 0 Å². The van der Waals surface area contributed by atoms with Crippen LogP contribution in [0.25, 0.3) is 0 Å². The lowest BCUT2D eigenvalue weighted by Crippen LogP contribution is -2.55. The summed E-state index contributed by atoms with van der Waals surface area (Å²) in [5, 5.41) is 15.0. The molecule has 1 heterocycles. The van der Waals surface area contributed by atoms with Crippen molar-refractivity contribution in [2.45, 2.75) is 46.1 Å². The molecule has 1 rings (SSSR count). The summed E-state index contributed by atoms with van der Waals surface area (Å²) in [5.41, 5.74) is 4.82. The van der Waals surface area contributed by atoms with Crippen molar-refractivity contribution in [3.63, 3.8) is 0 Å². The average molecular weight is 271 g/mol. The number of nitrogens with two attached hydrogens (primary N) is 1. The maximum atomic E-state index is 12.5. The van der Waals surface area contributed by atoms with Gasteiger partial charge in [0, 0.05) is 19.3 Å². The van der Waals surface area contributed by atoms with Gasteiger partial charge in [-0.2, -0.15) is 0 Å². The molecule has 1 aliphatic heterocycles. The molecule has 0 aromatic carbocycles. The Morgan fingerprint density at radius 1 is 1.47 bits per heavy atom. The van der Waals surface area contributed by atoms with Crippen molar-refractivity contribution in [3.05, 3.63) is 0 Å². The number of rotatable bonds is 5. The standard InChI is InChI=1S/C13H25N3O3/c1-4-9(2)10(3)15-12(17)13(11(14)16-18)5-7-19-8-6-13/h9-10,18H,4-8H2,1-3H3,(H2,14,16)(H,15,17). The molecule has 1 saturated heterocycles. The van der Waals surface area contributed by atoms with Crippen LogP contribution in [0.5, 0.6) is 0 Å². The second kappa shape index (κ2) is 6.75. The van der Waals surface area contributed by atoms with Gasteiger partial charge in [0.2, 0.25) is 5.91 Å². The number of ether oxygens (including phenoxy) is 1. The van der Waals surface area contributed by atoms with E-state index in [0.717, 1.165) is 6.42 Å². The third-order valence-electron chi connectivity index (χ3n) is 4.24. The van der Waals surface area contributed by atoms with E-state index in [0.29, 0.717) is 32.0 Å². The minimum absolute atomic E-state index is 0.0235. The lowest BCUT2D eigenvalue weighted by molar-refractivity contribution is -0.132. The average Bonchev–Trinajstić information content (AvgIpc) is 2.45. The van der Waals surface area contributed by atoms with Crippen LogP contribution in [0.4, 0.5) is 0 Å². The Morgan fingerprint density at radius 2 is 2.05 bits per heavy atom. The van der Waals surface area contributed by atoms with Gasteiger partial charge in [-0.25, -0.2) is 0 Å². The summed E-state index contributed by atoms with van der Waals surface area (Å²) >= 11 is 0. The monoisotopic (exact) mass is 271 g/mol. The molecule has 0 bridgehead atoms. The summed E-state index contributed by atoms with van der Waals surface area (Å²) in [6, 6.07) is 0.0590. The number of oxime groups is 1. The van der Waals surface area contributed by atoms with Crippen LogP contribution in [0, 0.1) is 11.3 Å². The molecular weight excluding hydrogens is 246 g/mol. The maximum Gasteiger partial charge on any atom is 0.234 e. The molecule has 0 aliphatic carbocycles. The number of nitrogens with zero attached hydrogens (tertiary/aromatic N) is 1. The molecule has 0 aromatic heterocycles. The molecule has 0 saturated carbocycles. The molecular formula is C13H25N3O3. The van der Waals surface area contributed by atoms with Gasteiger partial charge in [0.1, 0.15) is 5.41 Å². The Balaban J connectivity index is 2.84. The number of carbonyl (C=O) groups is 1. The van der Waals surface area contributed by atoms with Gasteiger partial charge in [-0.1, -0.05) is 25.4 Å². The van der Waals surface area contributed by atoms with Crippen LogP contribution in [0.15, 0.2) is 5.16 Å². The Kier molecular flexibility index (Phi) is 5.60. The number of amides is 1. The Bertz CT molecular complexity index is 338. The van der Waals surface area contributed by atoms with E-state index in [1.54, 1.807) is 0 Å². The van der Waals surface area contributed by atoms with Gasteiger partial charge < -0.3 is 21.0 Å². The first-order valence-electron chi connectivity index (χ1n) is 6.84. The predicted molar refractivity (Wildman–Crippen MR) is 73.0 cm³/mol. The first-order valence-corrected chi connectivity index (χ1v) is 6.84. The van der Waals surface area contributed by atoms with Crippen LogP contribution in [-0.4, -0.2) is 36.2 Å². The second-order valence-corrected chi connectivity index (χ2v) is 5.33. The molecule has 110 valence electrons. The number of nitrogens with one attached hydrogen (secondary N) is 1. The van der Waals surface area contributed by atoms with Gasteiger partial charge in [0.15, 0.2) is 5.84 Å². The Labute approximate surface area is 114 Å². The zero-order chi connectivity index (χ0) is 14.5. The van der Waals surface area contributed by atoms with Crippen LogP contribution in [-0.2, 0) is 9.53 Å². The van der Waals surface area contributed by atoms with Crippen molar-refractivity contribution in [1.29, 1.82) is 0 Å². The lowest BCUT2D eigenvalue weighted by Gasteiger charge is -2.36. The maximum absolute atomic E-state index is 12.5. The quantitative estimate of drug-likeness (QED) is 0.302. The van der Waals surface area contributed by atoms with Crippen LogP contribution in [0.3, 0.4) is 0 Å². The molecule has 2 unspecified atom stereocenters. The van der Waals surface area contributed by atoms with Gasteiger partial charge in [0.25, 0.3) is 0 Å². The van der Waals surface area contributed by atoms with Crippen molar-refractivity contribution in [2.75, 3.05) is 13.2 Å². The second-order valence-electron chi connectivity index (χ2n) is 5.33. The van der Waals surface area contributed by atoms with Crippen LogP contribution >= 0.6 is 0 Å². The SMILES string of the molecule is CCC(C)C(C)NC(=O)C1(C(N)=NO)CCOCC1. The van der Waals surface area contributed by atoms with Crippen LogP contribution in [0.1, 0.15) is 40.0 Å². The topological polar surface area (TPSA) is 96.9 Å². The molecule has 1 aliphatic rings. The largest absolute Gasteiger partial charge is 0.409 e. The lowest BCUT2D eigenvalue weighted by atomic mass is 9.77. The Hall–Kier alpha value is -1.30. The van der Waals surface area contributed by atoms with Crippen LogP contribution in [0.2, 0.25) is 0 Å². The summed E-state index contributed by atoms with van der Waals surface area (Å²) in [5.74, 6) is 0.191. The highest BCUT2D eigenvalue weighted by Crippen LogP contribution is 2.31. The zero-order valence-corrected chi connectivity index (χ0v) is 12.0. The van der Waals surface area contributed by atoms with Crippen molar-refractivity contribution < 1.29 is 14.7 Å². The molecule has 6 heteroatoms. The number of hydrogen-bond donors (Lipinski definition) is 3. The molecule has 0 spiro atoms. The van der Waals surface area contributed by atoms with Crippen molar-refractivity contribution in [3.8, 4) is 0 Å². The van der Waals surface area contributed by atoms with Crippen molar-refractivity contribution >= 4 is 11.7 Å². The van der Waals surface area contributed by atoms with Gasteiger partial charge in [-0.3, -0.25) is 4.79 Å². The summed E-state index contributed by atoms with van der Waals surface area (Å²) in [4.78, 5) is 12.5. The van der Waals surface area contributed by atoms with E-state index in [9.17, 15) is 4.79 Å². The molecule has 6 nitrogen and oxygen atoms in total. The normalized spacial score (nSPS) is 22.6. The van der Waals surface area contributed by atoms with E-state index in [4.69, 9.17) is 15.7 Å². The van der Waals surface area contributed by atoms with Crippen molar-refractivity contribution in [1.82, 2.24) is 5.32 Å². The first-order chi connectivity index (χ1) is 8.97. The zero-order valence-electron chi connectivity index (χ0n) is 12.0. The molecule has 1 fully saturated rings. The van der Waals surface area contributed by atoms with E-state index < -0.39 is 5.41 Å². The fraction of sp³-hybridized carbons (Fsp3) is 0.846. The predicted octanol–water partition coefficient (Wildman–Crippen LogP) is 1.08. The first kappa shape index (κ1) is 15.8. The fourth-order valence-corrected chi connectivity index (χ4v) is 2.26.